The van der Waals surface area contributed by atoms with Crippen molar-refractivity contribution < 1.29 is 23.1 Å². The van der Waals surface area contributed by atoms with Gasteiger partial charge >= 0.3 is 5.97 Å². The lowest BCUT2D eigenvalue weighted by molar-refractivity contribution is -0.137. The standard InChI is InChI=1S/C12H19N3O5S/c1-9-6-15(7-10(2)20-9)21(18,19)11-5-13-14(8-11)4-3-12(16)17/h5,8-10H,3-4,6-7H2,1-2H3,(H,16,17)/t9-,10+. The van der Waals surface area contributed by atoms with Crippen LogP contribution in [-0.4, -0.2) is 58.9 Å². The third kappa shape index (κ3) is 3.80. The minimum Gasteiger partial charge on any atom is -0.481 e. The molecule has 1 saturated heterocycles. The van der Waals surface area contributed by atoms with Crippen molar-refractivity contribution in [2.24, 2.45) is 0 Å². The highest BCUT2D eigenvalue weighted by molar-refractivity contribution is 7.89. The summed E-state index contributed by atoms with van der Waals surface area (Å²) in [6.07, 6.45) is 2.19. The molecule has 2 rings (SSSR count). The number of hydrogen-bond donors (Lipinski definition) is 1. The molecule has 0 spiro atoms. The third-order valence-electron chi connectivity index (χ3n) is 3.19. The number of sulfonamides is 1. The maximum atomic E-state index is 12.5. The van der Waals surface area contributed by atoms with E-state index in [0.29, 0.717) is 13.1 Å². The summed E-state index contributed by atoms with van der Waals surface area (Å²) in [5.74, 6) is -0.953. The molecule has 1 N–H and O–H groups in total. The SMILES string of the molecule is C[C@@H]1CN(S(=O)(=O)c2cnn(CCC(=O)O)c2)C[C@H](C)O1. The number of carboxylic acids is 1. The summed E-state index contributed by atoms with van der Waals surface area (Å²) in [5.41, 5.74) is 0. The molecule has 21 heavy (non-hydrogen) atoms. The van der Waals surface area contributed by atoms with Crippen LogP contribution in [0.15, 0.2) is 17.3 Å². The second-order valence-corrected chi connectivity index (χ2v) is 7.10. The van der Waals surface area contributed by atoms with E-state index >= 15 is 0 Å². The first-order valence-electron chi connectivity index (χ1n) is 6.69. The highest BCUT2D eigenvalue weighted by atomic mass is 32.2. The highest BCUT2D eigenvalue weighted by Crippen LogP contribution is 2.20. The summed E-state index contributed by atoms with van der Waals surface area (Å²) in [5, 5.41) is 12.5. The second kappa shape index (κ2) is 6.12. The fourth-order valence-electron chi connectivity index (χ4n) is 2.29. The molecule has 1 aromatic heterocycles. The van der Waals surface area contributed by atoms with E-state index in [2.05, 4.69) is 5.10 Å². The minimum absolute atomic E-state index is 0.0780. The van der Waals surface area contributed by atoms with Crippen LogP contribution in [0.2, 0.25) is 0 Å². The van der Waals surface area contributed by atoms with Crippen molar-refractivity contribution in [2.45, 2.75) is 43.9 Å². The molecule has 0 unspecified atom stereocenters. The first-order valence-corrected chi connectivity index (χ1v) is 8.13. The smallest absolute Gasteiger partial charge is 0.305 e. The second-order valence-electron chi connectivity index (χ2n) is 5.16. The van der Waals surface area contributed by atoms with Crippen molar-refractivity contribution in [3.63, 3.8) is 0 Å². The maximum Gasteiger partial charge on any atom is 0.305 e. The van der Waals surface area contributed by atoms with Gasteiger partial charge in [0.1, 0.15) is 4.90 Å². The van der Waals surface area contributed by atoms with Gasteiger partial charge in [-0.2, -0.15) is 9.40 Å². The number of carboxylic acid groups (broad SMARTS) is 1. The Labute approximate surface area is 123 Å². The predicted octanol–water partition coefficient (Wildman–Crippen LogP) is 0.156. The summed E-state index contributed by atoms with van der Waals surface area (Å²) in [4.78, 5) is 10.6. The molecular formula is C12H19N3O5S. The third-order valence-corrected chi connectivity index (χ3v) is 4.97. The van der Waals surface area contributed by atoms with Crippen LogP contribution in [-0.2, 0) is 26.1 Å². The first kappa shape index (κ1) is 15.9. The van der Waals surface area contributed by atoms with Gasteiger partial charge in [-0.3, -0.25) is 9.48 Å². The van der Waals surface area contributed by atoms with Crippen molar-refractivity contribution in [1.82, 2.24) is 14.1 Å². The fourth-order valence-corrected chi connectivity index (χ4v) is 3.83. The van der Waals surface area contributed by atoms with Crippen LogP contribution in [0.25, 0.3) is 0 Å². The lowest BCUT2D eigenvalue weighted by Crippen LogP contribution is -2.48. The van der Waals surface area contributed by atoms with E-state index in [0.717, 1.165) is 0 Å². The van der Waals surface area contributed by atoms with Gasteiger partial charge in [0.25, 0.3) is 0 Å². The van der Waals surface area contributed by atoms with Crippen LogP contribution in [0.4, 0.5) is 0 Å². The van der Waals surface area contributed by atoms with E-state index in [4.69, 9.17) is 9.84 Å². The Hall–Kier alpha value is -1.45. The van der Waals surface area contributed by atoms with Crippen LogP contribution in [0.1, 0.15) is 20.3 Å². The summed E-state index contributed by atoms with van der Waals surface area (Å²) in [6.45, 7) is 4.39. The average Bonchev–Trinajstić information content (AvgIpc) is 2.84. The molecule has 1 aromatic rings. The molecule has 2 heterocycles. The number of rotatable bonds is 5. The van der Waals surface area contributed by atoms with E-state index in [-0.39, 0.29) is 30.1 Å². The van der Waals surface area contributed by atoms with Gasteiger partial charge in [-0.15, -0.1) is 0 Å². The van der Waals surface area contributed by atoms with Crippen molar-refractivity contribution in [3.8, 4) is 0 Å². The zero-order valence-electron chi connectivity index (χ0n) is 12.0. The van der Waals surface area contributed by atoms with E-state index in [1.54, 1.807) is 0 Å². The Kier molecular flexibility index (Phi) is 4.64. The molecule has 0 radical (unpaired) electrons. The van der Waals surface area contributed by atoms with Crippen molar-refractivity contribution >= 4 is 16.0 Å². The van der Waals surface area contributed by atoms with Gasteiger partial charge in [0, 0.05) is 19.3 Å². The van der Waals surface area contributed by atoms with Gasteiger partial charge in [-0.1, -0.05) is 0 Å². The van der Waals surface area contributed by atoms with Gasteiger partial charge < -0.3 is 9.84 Å². The van der Waals surface area contributed by atoms with Gasteiger partial charge in [0.05, 0.1) is 31.4 Å². The van der Waals surface area contributed by atoms with Crippen LogP contribution in [0.3, 0.4) is 0 Å². The van der Waals surface area contributed by atoms with Crippen molar-refractivity contribution in [1.29, 1.82) is 0 Å². The fraction of sp³-hybridized carbons (Fsp3) is 0.667. The average molecular weight is 317 g/mol. The van der Waals surface area contributed by atoms with Crippen LogP contribution in [0, 0.1) is 0 Å². The summed E-state index contributed by atoms with van der Waals surface area (Å²) in [7, 11) is -3.62. The molecule has 1 fully saturated rings. The molecule has 9 heteroatoms. The lowest BCUT2D eigenvalue weighted by atomic mass is 10.3. The number of aromatic nitrogens is 2. The number of aliphatic carboxylic acids is 1. The molecule has 2 atom stereocenters. The van der Waals surface area contributed by atoms with Crippen molar-refractivity contribution in [2.75, 3.05) is 13.1 Å². The Bertz CT molecular complexity index is 602. The van der Waals surface area contributed by atoms with Crippen LogP contribution in [0.5, 0.6) is 0 Å². The highest BCUT2D eigenvalue weighted by Gasteiger charge is 2.32. The quantitative estimate of drug-likeness (QED) is 0.830. The van der Waals surface area contributed by atoms with Crippen molar-refractivity contribution in [3.05, 3.63) is 12.4 Å². The Morgan fingerprint density at radius 3 is 2.62 bits per heavy atom. The zero-order chi connectivity index (χ0) is 15.6. The molecule has 0 aliphatic carbocycles. The molecule has 1 aliphatic heterocycles. The monoisotopic (exact) mass is 317 g/mol. The number of carbonyl (C=O) groups is 1. The number of aryl methyl sites for hydroxylation is 1. The number of nitrogens with zero attached hydrogens (tertiary/aromatic N) is 3. The number of hydrogen-bond acceptors (Lipinski definition) is 5. The molecule has 1 aliphatic rings. The summed E-state index contributed by atoms with van der Waals surface area (Å²) >= 11 is 0. The minimum atomic E-state index is -3.62. The number of ether oxygens (including phenoxy) is 1. The van der Waals surface area contributed by atoms with E-state index in [9.17, 15) is 13.2 Å². The van der Waals surface area contributed by atoms with E-state index in [1.165, 1.54) is 21.4 Å². The lowest BCUT2D eigenvalue weighted by Gasteiger charge is -2.34. The predicted molar refractivity (Wildman–Crippen MR) is 73.2 cm³/mol. The molecule has 118 valence electrons. The molecule has 8 nitrogen and oxygen atoms in total. The number of morpholine rings is 1. The van der Waals surface area contributed by atoms with Crippen LogP contribution < -0.4 is 0 Å². The molecule has 0 aromatic carbocycles. The van der Waals surface area contributed by atoms with Gasteiger partial charge in [-0.25, -0.2) is 8.42 Å². The topological polar surface area (TPSA) is 102 Å². The summed E-state index contributed by atoms with van der Waals surface area (Å²) < 4.78 is 33.3. The Balaban J connectivity index is 2.14. The molecular weight excluding hydrogens is 298 g/mol. The Morgan fingerprint density at radius 2 is 2.05 bits per heavy atom. The molecule has 0 amide bonds. The Morgan fingerprint density at radius 1 is 1.43 bits per heavy atom. The normalized spacial score (nSPS) is 24.1. The van der Waals surface area contributed by atoms with Crippen LogP contribution >= 0.6 is 0 Å². The van der Waals surface area contributed by atoms with Gasteiger partial charge in [0.2, 0.25) is 10.0 Å². The maximum absolute atomic E-state index is 12.5. The van der Waals surface area contributed by atoms with Gasteiger partial charge in [-0.05, 0) is 13.8 Å². The molecule has 0 bridgehead atoms. The first-order chi connectivity index (χ1) is 9.79. The van der Waals surface area contributed by atoms with Gasteiger partial charge in [0.15, 0.2) is 0 Å². The van der Waals surface area contributed by atoms with E-state index in [1.807, 2.05) is 13.8 Å². The largest absolute Gasteiger partial charge is 0.481 e. The summed E-state index contributed by atoms with van der Waals surface area (Å²) in [6, 6.07) is 0. The zero-order valence-corrected chi connectivity index (χ0v) is 12.8. The molecule has 0 saturated carbocycles. The van der Waals surface area contributed by atoms with E-state index < -0.39 is 16.0 Å².